The molecule has 0 atom stereocenters. The molecular weight excluding hydrogens is 399 g/mol. The van der Waals surface area contributed by atoms with E-state index in [9.17, 15) is 14.0 Å². The van der Waals surface area contributed by atoms with Crippen LogP contribution >= 0.6 is 23.4 Å². The zero-order valence-corrected chi connectivity index (χ0v) is 16.5. The molecule has 0 aliphatic heterocycles. The fourth-order valence-corrected chi connectivity index (χ4v) is 3.23. The van der Waals surface area contributed by atoms with E-state index in [-0.39, 0.29) is 23.3 Å². The van der Waals surface area contributed by atoms with Crippen molar-refractivity contribution in [2.45, 2.75) is 11.9 Å². The number of carbonyl (C=O) groups excluding carboxylic acids is 2. The second kappa shape index (κ2) is 8.99. The number of nitrogens with zero attached hydrogens (tertiary/aromatic N) is 1. The minimum absolute atomic E-state index is 0.0234. The molecule has 7 heteroatoms. The number of hydrogen-bond donors (Lipinski definition) is 1. The van der Waals surface area contributed by atoms with Crippen molar-refractivity contribution >= 4 is 40.7 Å². The number of aromatic nitrogens is 1. The molecular formula is C21H16ClFN2O2S. The van der Waals surface area contributed by atoms with E-state index in [1.54, 1.807) is 30.3 Å². The number of halogens is 2. The van der Waals surface area contributed by atoms with Crippen LogP contribution in [-0.4, -0.2) is 22.4 Å². The summed E-state index contributed by atoms with van der Waals surface area (Å²) in [7, 11) is 0. The fraction of sp³-hybridized carbons (Fsp3) is 0.0952. The Bertz CT molecular complexity index is 1010. The third-order valence-electron chi connectivity index (χ3n) is 3.93. The Morgan fingerprint density at radius 2 is 1.79 bits per heavy atom. The van der Waals surface area contributed by atoms with Gasteiger partial charge in [0.15, 0.2) is 5.78 Å². The van der Waals surface area contributed by atoms with E-state index in [1.807, 2.05) is 6.92 Å². The van der Waals surface area contributed by atoms with Gasteiger partial charge in [-0.05, 0) is 67.1 Å². The maximum atomic E-state index is 12.9. The minimum Gasteiger partial charge on any atom is -0.322 e. The second-order valence-corrected chi connectivity index (χ2v) is 7.42. The molecule has 0 spiro atoms. The van der Waals surface area contributed by atoms with Crippen molar-refractivity contribution < 1.29 is 14.0 Å². The third-order valence-corrected chi connectivity index (χ3v) is 5.30. The average molecular weight is 415 g/mol. The first kappa shape index (κ1) is 20.0. The van der Waals surface area contributed by atoms with Crippen LogP contribution < -0.4 is 5.32 Å². The smallest absolute Gasteiger partial charge is 0.257 e. The molecule has 0 radical (unpaired) electrons. The van der Waals surface area contributed by atoms with Crippen LogP contribution in [-0.2, 0) is 0 Å². The molecule has 1 N–H and O–H groups in total. The molecule has 0 saturated carbocycles. The Labute approximate surface area is 171 Å². The van der Waals surface area contributed by atoms with Gasteiger partial charge in [-0.15, -0.1) is 0 Å². The summed E-state index contributed by atoms with van der Waals surface area (Å²) in [5.41, 5.74) is 2.32. The topological polar surface area (TPSA) is 59.1 Å². The number of rotatable bonds is 6. The summed E-state index contributed by atoms with van der Waals surface area (Å²) in [6.45, 7) is 1.85. The van der Waals surface area contributed by atoms with Crippen molar-refractivity contribution in [2.75, 3.05) is 11.1 Å². The standard InChI is InChI=1S/C21H16ClFN2O2S/c1-13-10-14(2-8-18(13)22)19(26)12-28-20-9-3-15(11-24-20)21(27)25-17-6-4-16(23)5-7-17/h2-11H,12H2,1H3,(H,25,27). The number of aryl methyl sites for hydroxylation is 1. The normalized spacial score (nSPS) is 10.5. The van der Waals surface area contributed by atoms with Crippen molar-refractivity contribution in [2.24, 2.45) is 0 Å². The highest BCUT2D eigenvalue weighted by molar-refractivity contribution is 7.99. The van der Waals surface area contributed by atoms with Crippen molar-refractivity contribution in [1.82, 2.24) is 4.98 Å². The Kier molecular flexibility index (Phi) is 6.44. The summed E-state index contributed by atoms with van der Waals surface area (Å²) in [6.07, 6.45) is 1.44. The summed E-state index contributed by atoms with van der Waals surface area (Å²) >= 11 is 7.27. The molecule has 0 aliphatic rings. The first-order chi connectivity index (χ1) is 13.4. The van der Waals surface area contributed by atoms with E-state index in [0.29, 0.717) is 26.9 Å². The molecule has 0 unspecified atom stereocenters. The van der Waals surface area contributed by atoms with E-state index in [1.165, 1.54) is 42.2 Å². The second-order valence-electron chi connectivity index (χ2n) is 6.02. The van der Waals surface area contributed by atoms with Gasteiger partial charge in [0.25, 0.3) is 5.91 Å². The lowest BCUT2D eigenvalue weighted by atomic mass is 10.1. The SMILES string of the molecule is Cc1cc(C(=O)CSc2ccc(C(=O)Nc3ccc(F)cc3)cn2)ccc1Cl. The molecule has 1 amide bonds. The van der Waals surface area contributed by atoms with E-state index in [2.05, 4.69) is 10.3 Å². The predicted molar refractivity (Wildman–Crippen MR) is 110 cm³/mol. The highest BCUT2D eigenvalue weighted by atomic mass is 35.5. The third kappa shape index (κ3) is 5.18. The maximum absolute atomic E-state index is 12.9. The Hall–Kier alpha value is -2.70. The number of nitrogens with one attached hydrogen (secondary N) is 1. The van der Waals surface area contributed by atoms with E-state index in [4.69, 9.17) is 11.6 Å². The number of Topliss-reactive ketones (excluding diaryl/α,β-unsaturated/α-hetero) is 1. The zero-order valence-electron chi connectivity index (χ0n) is 14.9. The molecule has 1 heterocycles. The van der Waals surface area contributed by atoms with Crippen LogP contribution in [0.1, 0.15) is 26.3 Å². The Morgan fingerprint density at radius 1 is 1.07 bits per heavy atom. The predicted octanol–water partition coefficient (Wildman–Crippen LogP) is 5.41. The number of anilines is 1. The fourth-order valence-electron chi connectivity index (χ4n) is 2.38. The van der Waals surface area contributed by atoms with Gasteiger partial charge in [-0.25, -0.2) is 9.37 Å². The summed E-state index contributed by atoms with van der Waals surface area (Å²) in [6, 6.07) is 14.0. The minimum atomic E-state index is -0.371. The summed E-state index contributed by atoms with van der Waals surface area (Å²) < 4.78 is 12.9. The van der Waals surface area contributed by atoms with Gasteiger partial charge < -0.3 is 5.32 Å². The van der Waals surface area contributed by atoms with Gasteiger partial charge in [-0.2, -0.15) is 0 Å². The van der Waals surface area contributed by atoms with Gasteiger partial charge in [0.1, 0.15) is 5.82 Å². The Balaban J connectivity index is 1.57. The molecule has 0 bridgehead atoms. The number of benzene rings is 2. The lowest BCUT2D eigenvalue weighted by molar-refractivity contribution is 0.101. The van der Waals surface area contributed by atoms with Gasteiger partial charge in [-0.3, -0.25) is 9.59 Å². The van der Waals surface area contributed by atoms with Crippen LogP contribution in [0.5, 0.6) is 0 Å². The van der Waals surface area contributed by atoms with Crippen molar-refractivity contribution in [3.63, 3.8) is 0 Å². The molecule has 3 aromatic rings. The molecule has 0 saturated heterocycles. The molecule has 2 aromatic carbocycles. The van der Waals surface area contributed by atoms with Crippen molar-refractivity contribution in [1.29, 1.82) is 0 Å². The van der Waals surface area contributed by atoms with Gasteiger partial charge >= 0.3 is 0 Å². The van der Waals surface area contributed by atoms with Gasteiger partial charge in [0.05, 0.1) is 16.3 Å². The quantitative estimate of drug-likeness (QED) is 0.432. The maximum Gasteiger partial charge on any atom is 0.257 e. The van der Waals surface area contributed by atoms with Crippen molar-refractivity contribution in [3.05, 3.63) is 88.3 Å². The van der Waals surface area contributed by atoms with Crippen LogP contribution in [0, 0.1) is 12.7 Å². The molecule has 142 valence electrons. The van der Waals surface area contributed by atoms with Gasteiger partial charge in [0, 0.05) is 22.5 Å². The summed E-state index contributed by atoms with van der Waals surface area (Å²) in [4.78, 5) is 28.7. The monoisotopic (exact) mass is 414 g/mol. The van der Waals surface area contributed by atoms with Crippen LogP contribution in [0.25, 0.3) is 0 Å². The van der Waals surface area contributed by atoms with Crippen LogP contribution in [0.4, 0.5) is 10.1 Å². The highest BCUT2D eigenvalue weighted by Gasteiger charge is 2.10. The lowest BCUT2D eigenvalue weighted by Crippen LogP contribution is -2.12. The molecule has 28 heavy (non-hydrogen) atoms. The number of pyridine rings is 1. The highest BCUT2D eigenvalue weighted by Crippen LogP contribution is 2.21. The number of hydrogen-bond acceptors (Lipinski definition) is 4. The summed E-state index contributed by atoms with van der Waals surface area (Å²) in [5, 5.41) is 3.93. The zero-order chi connectivity index (χ0) is 20.1. The number of amides is 1. The number of ketones is 1. The molecule has 1 aromatic heterocycles. The first-order valence-corrected chi connectivity index (χ1v) is 9.74. The average Bonchev–Trinajstić information content (AvgIpc) is 2.70. The van der Waals surface area contributed by atoms with Crippen LogP contribution in [0.3, 0.4) is 0 Å². The van der Waals surface area contributed by atoms with E-state index < -0.39 is 0 Å². The van der Waals surface area contributed by atoms with Crippen LogP contribution in [0.2, 0.25) is 5.02 Å². The molecule has 4 nitrogen and oxygen atoms in total. The number of thioether (sulfide) groups is 1. The Morgan fingerprint density at radius 3 is 2.43 bits per heavy atom. The molecule has 3 rings (SSSR count). The van der Waals surface area contributed by atoms with Crippen molar-refractivity contribution in [3.8, 4) is 0 Å². The molecule has 0 fully saturated rings. The van der Waals surface area contributed by atoms with E-state index in [0.717, 1.165) is 5.56 Å². The first-order valence-electron chi connectivity index (χ1n) is 8.37. The largest absolute Gasteiger partial charge is 0.322 e. The van der Waals surface area contributed by atoms with Crippen LogP contribution in [0.15, 0.2) is 65.8 Å². The van der Waals surface area contributed by atoms with E-state index >= 15 is 0 Å². The lowest BCUT2D eigenvalue weighted by Gasteiger charge is -2.06. The summed E-state index contributed by atoms with van der Waals surface area (Å²) in [5.74, 6) is -0.507. The number of carbonyl (C=O) groups is 2. The van der Waals surface area contributed by atoms with Gasteiger partial charge in [-0.1, -0.05) is 23.4 Å². The molecule has 0 aliphatic carbocycles. The van der Waals surface area contributed by atoms with Gasteiger partial charge in [0.2, 0.25) is 0 Å².